The highest BCUT2D eigenvalue weighted by molar-refractivity contribution is 5.69. The van der Waals surface area contributed by atoms with Crippen molar-refractivity contribution in [3.8, 4) is 0 Å². The smallest absolute Gasteiger partial charge is 0.306 e. The first-order valence-corrected chi connectivity index (χ1v) is 7.60. The summed E-state index contributed by atoms with van der Waals surface area (Å²) < 4.78 is 5.45. The number of hydrogen-bond donors (Lipinski definition) is 0. The second-order valence-corrected chi connectivity index (χ2v) is 5.53. The van der Waals surface area contributed by atoms with Crippen LogP contribution in [0.15, 0.2) is 0 Å². The van der Waals surface area contributed by atoms with Gasteiger partial charge in [0.1, 0.15) is 6.10 Å². The Kier molecular flexibility index (Phi) is 8.06. The zero-order valence-electron chi connectivity index (χ0n) is 12.1. The van der Waals surface area contributed by atoms with Crippen LogP contribution in [0.1, 0.15) is 64.7 Å². The molecule has 1 aliphatic heterocycles. The molecule has 1 saturated heterocycles. The molecule has 3 heteroatoms. The predicted octanol–water partition coefficient (Wildman–Crippen LogP) is 3.37. The first-order valence-electron chi connectivity index (χ1n) is 7.60. The van der Waals surface area contributed by atoms with Crippen LogP contribution in [0.25, 0.3) is 0 Å². The molecule has 1 rings (SSSR count). The number of hydrogen-bond acceptors (Lipinski definition) is 3. The minimum atomic E-state index is 0.00357. The molecule has 1 atom stereocenters. The molecule has 0 aromatic heterocycles. The molecule has 0 aromatic carbocycles. The van der Waals surface area contributed by atoms with Crippen LogP contribution in [0.3, 0.4) is 0 Å². The lowest BCUT2D eigenvalue weighted by molar-refractivity contribution is -0.148. The highest BCUT2D eigenvalue weighted by Gasteiger charge is 2.22. The second kappa shape index (κ2) is 9.37. The van der Waals surface area contributed by atoms with Crippen LogP contribution in [-0.4, -0.2) is 37.1 Å². The van der Waals surface area contributed by atoms with E-state index in [4.69, 9.17) is 4.74 Å². The van der Waals surface area contributed by atoms with Gasteiger partial charge in [-0.05, 0) is 19.9 Å². The Hall–Kier alpha value is -0.570. The Bertz CT molecular complexity index is 231. The number of carbonyl (C=O) groups excluding carboxylic acids is 1. The zero-order chi connectivity index (χ0) is 13.2. The van der Waals surface area contributed by atoms with Crippen LogP contribution in [0.4, 0.5) is 0 Å². The predicted molar refractivity (Wildman–Crippen MR) is 74.6 cm³/mol. The largest absolute Gasteiger partial charge is 0.461 e. The van der Waals surface area contributed by atoms with Gasteiger partial charge in [-0.25, -0.2) is 0 Å². The van der Waals surface area contributed by atoms with E-state index in [0.717, 1.165) is 25.9 Å². The summed E-state index contributed by atoms with van der Waals surface area (Å²) in [5.41, 5.74) is 0. The summed E-state index contributed by atoms with van der Waals surface area (Å²) in [7, 11) is 2.07. The Morgan fingerprint density at radius 1 is 1.17 bits per heavy atom. The number of esters is 1. The number of carbonyl (C=O) groups is 1. The molecule has 3 nitrogen and oxygen atoms in total. The maximum atomic E-state index is 11.6. The topological polar surface area (TPSA) is 29.5 Å². The van der Waals surface area contributed by atoms with E-state index in [-0.39, 0.29) is 12.1 Å². The molecule has 0 amide bonds. The van der Waals surface area contributed by atoms with Crippen molar-refractivity contribution in [2.75, 3.05) is 20.1 Å². The average Bonchev–Trinajstić information content (AvgIpc) is 2.73. The number of rotatable bonds is 9. The standard InChI is InChI=1S/C15H29NO2/c1-3-4-5-6-7-8-9-10-15(17)18-14-11-12-16(2)13-14/h14H,3-13H2,1-2H3. The monoisotopic (exact) mass is 255 g/mol. The van der Waals surface area contributed by atoms with Gasteiger partial charge in [0.05, 0.1) is 0 Å². The Morgan fingerprint density at radius 2 is 1.83 bits per heavy atom. The van der Waals surface area contributed by atoms with Gasteiger partial charge in [-0.1, -0.05) is 45.4 Å². The van der Waals surface area contributed by atoms with Gasteiger partial charge in [0, 0.05) is 19.5 Å². The first kappa shape index (κ1) is 15.5. The number of likely N-dealkylation sites (N-methyl/N-ethyl adjacent to an activating group) is 1. The summed E-state index contributed by atoms with van der Waals surface area (Å²) in [6.07, 6.45) is 10.5. The molecular formula is C15H29NO2. The van der Waals surface area contributed by atoms with E-state index < -0.39 is 0 Å². The fourth-order valence-corrected chi connectivity index (χ4v) is 2.46. The normalized spacial score (nSPS) is 20.2. The number of ether oxygens (including phenoxy) is 1. The van der Waals surface area contributed by atoms with E-state index in [1.54, 1.807) is 0 Å². The van der Waals surface area contributed by atoms with E-state index in [0.29, 0.717) is 6.42 Å². The summed E-state index contributed by atoms with van der Waals surface area (Å²) in [4.78, 5) is 13.8. The maximum Gasteiger partial charge on any atom is 0.306 e. The summed E-state index contributed by atoms with van der Waals surface area (Å²) in [5.74, 6) is 0.00357. The summed E-state index contributed by atoms with van der Waals surface area (Å²) in [6.45, 7) is 4.19. The molecule has 0 spiro atoms. The van der Waals surface area contributed by atoms with Crippen LogP contribution in [-0.2, 0) is 9.53 Å². The molecule has 1 aliphatic rings. The van der Waals surface area contributed by atoms with Gasteiger partial charge < -0.3 is 9.64 Å². The lowest BCUT2D eigenvalue weighted by atomic mass is 10.1. The van der Waals surface area contributed by atoms with E-state index in [2.05, 4.69) is 18.9 Å². The highest BCUT2D eigenvalue weighted by atomic mass is 16.5. The van der Waals surface area contributed by atoms with Crippen molar-refractivity contribution < 1.29 is 9.53 Å². The van der Waals surface area contributed by atoms with Gasteiger partial charge in [-0.3, -0.25) is 4.79 Å². The SMILES string of the molecule is CCCCCCCCCC(=O)OC1CCN(C)C1. The first-order chi connectivity index (χ1) is 8.72. The van der Waals surface area contributed by atoms with Crippen molar-refractivity contribution in [2.24, 2.45) is 0 Å². The third-order valence-electron chi connectivity index (χ3n) is 3.63. The number of nitrogens with zero attached hydrogens (tertiary/aromatic N) is 1. The van der Waals surface area contributed by atoms with Crippen molar-refractivity contribution in [1.29, 1.82) is 0 Å². The molecule has 0 saturated carbocycles. The zero-order valence-corrected chi connectivity index (χ0v) is 12.1. The summed E-state index contributed by atoms with van der Waals surface area (Å²) in [5, 5.41) is 0. The fraction of sp³-hybridized carbons (Fsp3) is 0.933. The molecule has 1 heterocycles. The van der Waals surface area contributed by atoms with Crippen molar-refractivity contribution >= 4 is 5.97 Å². The maximum absolute atomic E-state index is 11.6. The third-order valence-corrected chi connectivity index (χ3v) is 3.63. The Labute approximate surface area is 112 Å². The fourth-order valence-electron chi connectivity index (χ4n) is 2.46. The van der Waals surface area contributed by atoms with Crippen LogP contribution in [0, 0.1) is 0 Å². The molecular weight excluding hydrogens is 226 g/mol. The van der Waals surface area contributed by atoms with Crippen molar-refractivity contribution in [1.82, 2.24) is 4.90 Å². The van der Waals surface area contributed by atoms with Crippen molar-refractivity contribution in [3.05, 3.63) is 0 Å². The Balaban J connectivity index is 1.90. The molecule has 1 unspecified atom stereocenters. The van der Waals surface area contributed by atoms with Gasteiger partial charge in [-0.2, -0.15) is 0 Å². The lowest BCUT2D eigenvalue weighted by Crippen LogP contribution is -2.22. The van der Waals surface area contributed by atoms with E-state index >= 15 is 0 Å². The van der Waals surface area contributed by atoms with Crippen LogP contribution in [0.2, 0.25) is 0 Å². The molecule has 106 valence electrons. The van der Waals surface area contributed by atoms with E-state index in [9.17, 15) is 4.79 Å². The minimum Gasteiger partial charge on any atom is -0.461 e. The molecule has 1 fully saturated rings. The van der Waals surface area contributed by atoms with Crippen LogP contribution in [0.5, 0.6) is 0 Å². The van der Waals surface area contributed by atoms with Gasteiger partial charge in [-0.15, -0.1) is 0 Å². The molecule has 18 heavy (non-hydrogen) atoms. The Morgan fingerprint density at radius 3 is 2.44 bits per heavy atom. The van der Waals surface area contributed by atoms with E-state index in [1.807, 2.05) is 0 Å². The minimum absolute atomic E-state index is 0.00357. The molecule has 0 N–H and O–H groups in total. The van der Waals surface area contributed by atoms with E-state index in [1.165, 1.54) is 38.5 Å². The average molecular weight is 255 g/mol. The van der Waals surface area contributed by atoms with Gasteiger partial charge in [0.2, 0.25) is 0 Å². The second-order valence-electron chi connectivity index (χ2n) is 5.53. The van der Waals surface area contributed by atoms with Crippen LogP contribution < -0.4 is 0 Å². The molecule has 0 bridgehead atoms. The molecule has 0 aromatic rings. The van der Waals surface area contributed by atoms with Crippen molar-refractivity contribution in [2.45, 2.75) is 70.8 Å². The van der Waals surface area contributed by atoms with Crippen LogP contribution >= 0.6 is 0 Å². The molecule has 0 radical (unpaired) electrons. The summed E-state index contributed by atoms with van der Waals surface area (Å²) >= 11 is 0. The van der Waals surface area contributed by atoms with Crippen molar-refractivity contribution in [3.63, 3.8) is 0 Å². The quantitative estimate of drug-likeness (QED) is 0.467. The number of unbranched alkanes of at least 4 members (excludes halogenated alkanes) is 6. The van der Waals surface area contributed by atoms with Gasteiger partial charge >= 0.3 is 5.97 Å². The number of likely N-dealkylation sites (tertiary alicyclic amines) is 1. The highest BCUT2D eigenvalue weighted by Crippen LogP contribution is 2.13. The summed E-state index contributed by atoms with van der Waals surface area (Å²) in [6, 6.07) is 0. The lowest BCUT2D eigenvalue weighted by Gasteiger charge is -2.12. The van der Waals surface area contributed by atoms with Gasteiger partial charge in [0.25, 0.3) is 0 Å². The van der Waals surface area contributed by atoms with Gasteiger partial charge in [0.15, 0.2) is 0 Å². The molecule has 0 aliphatic carbocycles. The third kappa shape index (κ3) is 7.00.